The third-order valence-corrected chi connectivity index (χ3v) is 2.73. The van der Waals surface area contributed by atoms with Gasteiger partial charge in [-0.05, 0) is 29.8 Å². The number of benzene rings is 2. The van der Waals surface area contributed by atoms with Crippen molar-refractivity contribution >= 4 is 17.8 Å². The van der Waals surface area contributed by atoms with Crippen molar-refractivity contribution in [1.82, 2.24) is 0 Å². The van der Waals surface area contributed by atoms with Crippen LogP contribution in [0.25, 0.3) is 0 Å². The van der Waals surface area contributed by atoms with Gasteiger partial charge in [0.05, 0.1) is 11.2 Å². The van der Waals surface area contributed by atoms with Crippen LogP contribution in [0.5, 0.6) is 0 Å². The topological polar surface area (TPSA) is 21.6 Å². The molecule has 0 aromatic heterocycles. The minimum atomic E-state index is -0.399. The van der Waals surface area contributed by atoms with Crippen molar-refractivity contribution in [2.45, 2.75) is 6.61 Å². The molecule has 19 heavy (non-hydrogen) atoms. The van der Waals surface area contributed by atoms with Gasteiger partial charge in [0.15, 0.2) is 0 Å². The van der Waals surface area contributed by atoms with Gasteiger partial charge in [-0.15, -0.1) is 0 Å². The monoisotopic (exact) mass is 281 g/mol. The van der Waals surface area contributed by atoms with Gasteiger partial charge in [-0.2, -0.15) is 0 Å². The molecule has 0 unspecified atom stereocenters. The fourth-order valence-electron chi connectivity index (χ4n) is 1.39. The summed E-state index contributed by atoms with van der Waals surface area (Å²) in [5.41, 5.74) is 1.35. The smallest absolute Gasteiger partial charge is 0.143 e. The van der Waals surface area contributed by atoms with Crippen LogP contribution in [0.2, 0.25) is 5.02 Å². The number of nitrogens with zero attached hydrogens (tertiary/aromatic N) is 1. The Bertz CT molecular complexity index is 584. The van der Waals surface area contributed by atoms with E-state index in [1.807, 2.05) is 0 Å². The lowest BCUT2D eigenvalue weighted by atomic mass is 10.2. The molecule has 2 aromatic carbocycles. The molecule has 0 aliphatic rings. The van der Waals surface area contributed by atoms with Crippen molar-refractivity contribution in [3.05, 3.63) is 70.2 Å². The van der Waals surface area contributed by atoms with Gasteiger partial charge in [-0.1, -0.05) is 35.0 Å². The van der Waals surface area contributed by atoms with Gasteiger partial charge in [0.2, 0.25) is 0 Å². The second-order valence-electron chi connectivity index (χ2n) is 3.80. The summed E-state index contributed by atoms with van der Waals surface area (Å²) in [5, 5.41) is 4.02. The van der Waals surface area contributed by atoms with Crippen molar-refractivity contribution in [1.29, 1.82) is 0 Å². The van der Waals surface area contributed by atoms with Crippen molar-refractivity contribution in [3.63, 3.8) is 0 Å². The molecule has 0 saturated heterocycles. The van der Waals surface area contributed by atoms with Crippen molar-refractivity contribution in [3.8, 4) is 0 Å². The van der Waals surface area contributed by atoms with Crippen molar-refractivity contribution in [2.75, 3.05) is 0 Å². The molecule has 0 saturated carbocycles. The first-order valence-electron chi connectivity index (χ1n) is 5.50. The third-order valence-electron chi connectivity index (χ3n) is 2.38. The number of oxime groups is 1. The predicted molar refractivity (Wildman–Crippen MR) is 70.2 cm³/mol. The summed E-state index contributed by atoms with van der Waals surface area (Å²) < 4.78 is 25.5. The number of rotatable bonds is 4. The lowest BCUT2D eigenvalue weighted by molar-refractivity contribution is 0.132. The van der Waals surface area contributed by atoms with Gasteiger partial charge < -0.3 is 4.84 Å². The van der Waals surface area contributed by atoms with Gasteiger partial charge in [-0.25, -0.2) is 8.78 Å². The minimum Gasteiger partial charge on any atom is -0.391 e. The first-order chi connectivity index (χ1) is 9.15. The van der Waals surface area contributed by atoms with Crippen LogP contribution in [0.15, 0.2) is 47.6 Å². The maximum atomic E-state index is 12.8. The fourth-order valence-corrected chi connectivity index (χ4v) is 1.61. The molecular weight excluding hydrogens is 272 g/mol. The predicted octanol–water partition coefficient (Wildman–Crippen LogP) is 4.17. The van der Waals surface area contributed by atoms with E-state index in [1.165, 1.54) is 36.5 Å². The van der Waals surface area contributed by atoms with E-state index in [0.717, 1.165) is 0 Å². The molecule has 0 aliphatic heterocycles. The largest absolute Gasteiger partial charge is 0.391 e. The molecule has 2 nitrogen and oxygen atoms in total. The zero-order valence-electron chi connectivity index (χ0n) is 9.82. The highest BCUT2D eigenvalue weighted by atomic mass is 35.5. The van der Waals surface area contributed by atoms with E-state index in [0.29, 0.717) is 11.1 Å². The molecule has 0 aliphatic carbocycles. The van der Waals surface area contributed by atoms with Crippen LogP contribution in [-0.2, 0) is 11.4 Å². The summed E-state index contributed by atoms with van der Waals surface area (Å²) in [5.74, 6) is -0.709. The lowest BCUT2D eigenvalue weighted by Gasteiger charge is -2.02. The second kappa shape index (κ2) is 6.29. The summed E-state index contributed by atoms with van der Waals surface area (Å²) in [6.07, 6.45) is 1.46. The second-order valence-corrected chi connectivity index (χ2v) is 4.20. The van der Waals surface area contributed by atoms with Crippen LogP contribution in [0.4, 0.5) is 8.78 Å². The molecule has 0 bridgehead atoms. The molecular formula is C14H10ClF2NO. The average Bonchev–Trinajstić information content (AvgIpc) is 2.39. The van der Waals surface area contributed by atoms with E-state index >= 15 is 0 Å². The molecule has 98 valence electrons. The van der Waals surface area contributed by atoms with Gasteiger partial charge in [-0.3, -0.25) is 0 Å². The molecule has 0 spiro atoms. The molecule has 2 rings (SSSR count). The number of hydrogen-bond donors (Lipinski definition) is 0. The minimum absolute atomic E-state index is 0.136. The molecule has 0 fully saturated rings. The lowest BCUT2D eigenvalue weighted by Crippen LogP contribution is -1.90. The van der Waals surface area contributed by atoms with E-state index in [9.17, 15) is 8.78 Å². The molecule has 0 amide bonds. The zero-order chi connectivity index (χ0) is 13.7. The summed E-state index contributed by atoms with van der Waals surface area (Å²) in [7, 11) is 0. The molecule has 0 atom stereocenters. The first kappa shape index (κ1) is 13.5. The Kier molecular flexibility index (Phi) is 4.47. The number of hydrogen-bond acceptors (Lipinski definition) is 2. The molecule has 0 heterocycles. The van der Waals surface area contributed by atoms with Crippen LogP contribution in [0.1, 0.15) is 11.1 Å². The van der Waals surface area contributed by atoms with Crippen LogP contribution >= 0.6 is 11.6 Å². The maximum Gasteiger partial charge on any atom is 0.143 e. The van der Waals surface area contributed by atoms with Gasteiger partial charge in [0, 0.05) is 5.56 Å². The van der Waals surface area contributed by atoms with Crippen LogP contribution in [0.3, 0.4) is 0 Å². The Morgan fingerprint density at radius 2 is 1.74 bits per heavy atom. The number of halogens is 3. The fraction of sp³-hybridized carbons (Fsp3) is 0.0714. The molecule has 0 N–H and O–H groups in total. The van der Waals surface area contributed by atoms with Crippen molar-refractivity contribution < 1.29 is 13.6 Å². The van der Waals surface area contributed by atoms with E-state index < -0.39 is 5.82 Å². The zero-order valence-corrected chi connectivity index (χ0v) is 10.6. The quantitative estimate of drug-likeness (QED) is 0.609. The summed E-state index contributed by atoms with van der Waals surface area (Å²) >= 11 is 5.83. The van der Waals surface area contributed by atoms with Gasteiger partial charge in [0.25, 0.3) is 0 Å². The Balaban J connectivity index is 1.91. The SMILES string of the molecule is Fc1ccc(C=NOCc2ccc(F)cc2Cl)cc1. The third kappa shape index (κ3) is 4.03. The van der Waals surface area contributed by atoms with E-state index in [2.05, 4.69) is 5.16 Å². The van der Waals surface area contributed by atoms with Gasteiger partial charge >= 0.3 is 0 Å². The molecule has 0 radical (unpaired) electrons. The summed E-state index contributed by atoms with van der Waals surface area (Å²) in [4.78, 5) is 5.04. The molecule has 5 heteroatoms. The average molecular weight is 282 g/mol. The highest BCUT2D eigenvalue weighted by Crippen LogP contribution is 2.18. The van der Waals surface area contributed by atoms with Gasteiger partial charge in [0.1, 0.15) is 18.2 Å². The van der Waals surface area contributed by atoms with E-state index in [1.54, 1.807) is 12.1 Å². The Morgan fingerprint density at radius 3 is 2.42 bits per heavy atom. The normalized spacial score (nSPS) is 10.9. The molecule has 2 aromatic rings. The summed E-state index contributed by atoms with van der Waals surface area (Å²) in [6.45, 7) is 0.136. The Labute approximate surface area is 114 Å². The van der Waals surface area contributed by atoms with Crippen LogP contribution in [-0.4, -0.2) is 6.21 Å². The van der Waals surface area contributed by atoms with Crippen molar-refractivity contribution in [2.24, 2.45) is 5.16 Å². The maximum absolute atomic E-state index is 12.8. The van der Waals surface area contributed by atoms with E-state index in [4.69, 9.17) is 16.4 Å². The van der Waals surface area contributed by atoms with Crippen LogP contribution < -0.4 is 0 Å². The van der Waals surface area contributed by atoms with Crippen LogP contribution in [0, 0.1) is 11.6 Å². The van der Waals surface area contributed by atoms with E-state index in [-0.39, 0.29) is 17.4 Å². The standard InChI is InChI=1S/C14H10ClF2NO/c15-14-7-13(17)6-3-11(14)9-19-18-8-10-1-4-12(16)5-2-10/h1-8H,9H2. The highest BCUT2D eigenvalue weighted by molar-refractivity contribution is 6.31. The Morgan fingerprint density at radius 1 is 1.05 bits per heavy atom. The highest BCUT2D eigenvalue weighted by Gasteiger charge is 2.01. The first-order valence-corrected chi connectivity index (χ1v) is 5.88. The summed E-state index contributed by atoms with van der Waals surface area (Å²) in [6, 6.07) is 9.86. The Hall–Kier alpha value is -1.94.